The molecule has 1 heterocycles. The third-order valence-electron chi connectivity index (χ3n) is 12.3. The Bertz CT molecular complexity index is 1800. The van der Waals surface area contributed by atoms with Crippen LogP contribution in [0.15, 0.2) is 83.2 Å². The summed E-state index contributed by atoms with van der Waals surface area (Å²) in [5, 5.41) is 3.64. The molecule has 0 amide bonds. The van der Waals surface area contributed by atoms with Gasteiger partial charge in [-0.2, -0.15) is 0 Å². The predicted molar refractivity (Wildman–Crippen MR) is 211 cm³/mol. The van der Waals surface area contributed by atoms with E-state index in [2.05, 4.69) is 163 Å². The Kier molecular flexibility index (Phi) is 8.51. The topological polar surface area (TPSA) is 0 Å². The second kappa shape index (κ2) is 12.0. The molecule has 1 aliphatic heterocycles. The van der Waals surface area contributed by atoms with Gasteiger partial charge in [0.1, 0.15) is 0 Å². The Hall–Kier alpha value is -2.55. The number of benzene rings is 4. The number of allylic oxidation sites excluding steroid dienone is 2. The van der Waals surface area contributed by atoms with Crippen molar-refractivity contribution in [1.29, 1.82) is 0 Å². The molecule has 0 spiro atoms. The molecular weight excluding hydrogens is 759 g/mol. The Labute approximate surface area is 297 Å². The summed E-state index contributed by atoms with van der Waals surface area (Å²) >= 11 is -3.08. The van der Waals surface area contributed by atoms with E-state index in [0.717, 1.165) is 0 Å². The van der Waals surface area contributed by atoms with Crippen LogP contribution in [0.2, 0.25) is 22.5 Å². The summed E-state index contributed by atoms with van der Waals surface area (Å²) in [4.78, 5) is 0. The van der Waals surface area contributed by atoms with Gasteiger partial charge in [0.05, 0.1) is 0 Å². The van der Waals surface area contributed by atoms with Crippen molar-refractivity contribution >= 4 is 20.2 Å². The molecule has 2 atom stereocenters. The van der Waals surface area contributed by atoms with Crippen LogP contribution in [-0.4, -0.2) is 8.07 Å². The van der Waals surface area contributed by atoms with Crippen molar-refractivity contribution in [2.24, 2.45) is 0 Å². The first-order valence-electron chi connectivity index (χ1n) is 18.6. The SMILES string of the molecule is CC(C)c1cc(-c2cccc3c2C=C2[CH]3[Hf]([CH3])([CH3])[CH]3C(=Cc4c(-c5cc(C(C)C)cc(C(C)C)c5)cccc43)[Si]2(C)C)cc(C(C)C)c1. The monoisotopic (exact) mass is 816 g/mol. The second-order valence-electron chi connectivity index (χ2n) is 17.5. The number of fused-ring (bicyclic) bond motifs is 6. The quantitative estimate of drug-likeness (QED) is 0.170. The van der Waals surface area contributed by atoms with Crippen molar-refractivity contribution in [2.45, 2.75) is 109 Å². The van der Waals surface area contributed by atoms with Crippen LogP contribution in [0.5, 0.6) is 0 Å². The first-order valence-corrected chi connectivity index (χ1v) is 32.9. The van der Waals surface area contributed by atoms with Crippen LogP contribution in [0.4, 0.5) is 0 Å². The molecule has 7 rings (SSSR count). The molecule has 0 bridgehead atoms. The molecule has 1 saturated heterocycles. The zero-order valence-electron chi connectivity index (χ0n) is 31.5. The summed E-state index contributed by atoms with van der Waals surface area (Å²) in [7, 11) is -1.92. The van der Waals surface area contributed by atoms with Crippen molar-refractivity contribution in [1.82, 2.24) is 0 Å². The van der Waals surface area contributed by atoms with Gasteiger partial charge in [-0.1, -0.05) is 0 Å². The van der Waals surface area contributed by atoms with Crippen LogP contribution >= 0.6 is 0 Å². The summed E-state index contributed by atoms with van der Waals surface area (Å²) in [6.45, 7) is 24.0. The van der Waals surface area contributed by atoms with Crippen molar-refractivity contribution in [3.8, 4) is 22.3 Å². The minimum absolute atomic E-state index is 0.517. The van der Waals surface area contributed by atoms with E-state index >= 15 is 0 Å². The molecule has 3 aliphatic rings. The Morgan fingerprint density at radius 3 is 1.15 bits per heavy atom. The molecule has 48 heavy (non-hydrogen) atoms. The van der Waals surface area contributed by atoms with Gasteiger partial charge in [0.25, 0.3) is 0 Å². The molecule has 248 valence electrons. The van der Waals surface area contributed by atoms with Gasteiger partial charge in [0.2, 0.25) is 0 Å². The fraction of sp³-hybridized carbons (Fsp3) is 0.391. The van der Waals surface area contributed by atoms with E-state index in [1.54, 1.807) is 11.1 Å². The number of hydrogen-bond acceptors (Lipinski definition) is 0. The van der Waals surface area contributed by atoms with E-state index in [-0.39, 0.29) is 0 Å². The fourth-order valence-corrected chi connectivity index (χ4v) is 41.4. The van der Waals surface area contributed by atoms with Crippen LogP contribution in [0, 0.1) is 0 Å². The second-order valence-corrected chi connectivity index (χ2v) is 39.2. The van der Waals surface area contributed by atoms with Gasteiger partial charge >= 0.3 is 299 Å². The molecule has 4 aromatic carbocycles. The van der Waals surface area contributed by atoms with Gasteiger partial charge in [-0.15, -0.1) is 0 Å². The third kappa shape index (κ3) is 5.31. The van der Waals surface area contributed by atoms with Gasteiger partial charge < -0.3 is 0 Å². The molecule has 2 aliphatic carbocycles. The van der Waals surface area contributed by atoms with E-state index < -0.39 is 28.0 Å². The van der Waals surface area contributed by atoms with Crippen LogP contribution in [0.25, 0.3) is 34.4 Å². The molecule has 0 aromatic heterocycles. The van der Waals surface area contributed by atoms with Gasteiger partial charge in [-0.3, -0.25) is 0 Å². The van der Waals surface area contributed by atoms with Crippen molar-refractivity contribution in [3.05, 3.63) is 128 Å². The summed E-state index contributed by atoms with van der Waals surface area (Å²) in [5.74, 6) is 2.07. The molecule has 2 unspecified atom stereocenters. The van der Waals surface area contributed by atoms with E-state index in [0.29, 0.717) is 31.0 Å². The average molecular weight is 816 g/mol. The van der Waals surface area contributed by atoms with Crippen LogP contribution < -0.4 is 0 Å². The molecule has 0 radical (unpaired) electrons. The van der Waals surface area contributed by atoms with Crippen molar-refractivity contribution in [2.75, 3.05) is 0 Å². The van der Waals surface area contributed by atoms with E-state index in [1.807, 2.05) is 10.4 Å². The van der Waals surface area contributed by atoms with E-state index in [4.69, 9.17) is 0 Å². The first kappa shape index (κ1) is 33.9. The van der Waals surface area contributed by atoms with Crippen molar-refractivity contribution < 1.29 is 20.0 Å². The van der Waals surface area contributed by atoms with Crippen LogP contribution in [-0.2, 0) is 20.0 Å². The maximum absolute atomic E-state index is 3.08. The molecule has 1 fully saturated rings. The van der Waals surface area contributed by atoms with E-state index in [9.17, 15) is 0 Å². The standard InChI is InChI=1S/C44H50Si.2CH3.Hf/c1-27(2)33-17-34(28(3)4)20-37(19-33)41-15-11-13-31-23-39(25-43(31)41)45(9,10)40-24-32-14-12-16-42(44(32)26-40)38-21-35(29(5)6)18-36(22-38)30(7)8;;;/h11-30H,1-10H3;2*1H3;. The first-order chi connectivity index (χ1) is 22.6. The molecule has 4 aromatic rings. The number of hydrogen-bond donors (Lipinski definition) is 0. The average Bonchev–Trinajstić information content (AvgIpc) is 3.65. The summed E-state index contributed by atoms with van der Waals surface area (Å²) in [5.41, 5.74) is 17.9. The molecule has 0 N–H and O–H groups in total. The van der Waals surface area contributed by atoms with Crippen LogP contribution in [0.3, 0.4) is 0 Å². The van der Waals surface area contributed by atoms with Gasteiger partial charge in [-0.25, -0.2) is 0 Å². The number of rotatable bonds is 6. The summed E-state index contributed by atoms with van der Waals surface area (Å²) < 4.78 is 6.90. The fourth-order valence-electron chi connectivity index (χ4n) is 9.32. The Morgan fingerprint density at radius 2 is 0.833 bits per heavy atom. The Balaban J connectivity index is 1.39. The normalized spacial score (nSPS) is 20.2. The maximum atomic E-state index is 2.80. The van der Waals surface area contributed by atoms with Gasteiger partial charge in [-0.05, 0) is 0 Å². The molecule has 0 saturated carbocycles. The molecule has 0 nitrogen and oxygen atoms in total. The predicted octanol–water partition coefficient (Wildman–Crippen LogP) is 14.1. The van der Waals surface area contributed by atoms with E-state index in [1.165, 1.54) is 55.6 Å². The van der Waals surface area contributed by atoms with Crippen molar-refractivity contribution in [3.63, 3.8) is 0 Å². The van der Waals surface area contributed by atoms with Gasteiger partial charge in [0.15, 0.2) is 0 Å². The Morgan fingerprint density at radius 1 is 0.500 bits per heavy atom. The third-order valence-corrected chi connectivity index (χ3v) is 33.3. The van der Waals surface area contributed by atoms with Crippen LogP contribution in [0.1, 0.15) is 131 Å². The zero-order chi connectivity index (χ0) is 34.4. The minimum atomic E-state index is -3.08. The van der Waals surface area contributed by atoms with Gasteiger partial charge in [0, 0.05) is 0 Å². The summed E-state index contributed by atoms with van der Waals surface area (Å²) in [6, 6.07) is 29.4. The molecular formula is C46H56HfSi. The zero-order valence-corrected chi connectivity index (χ0v) is 36.1. The molecule has 2 heteroatoms. The summed E-state index contributed by atoms with van der Waals surface area (Å²) in [6.07, 6.45) is 5.45.